The van der Waals surface area contributed by atoms with E-state index in [-0.39, 0.29) is 16.7 Å². The number of sulfonamides is 1. The molecule has 9 heteroatoms. The van der Waals surface area contributed by atoms with Crippen molar-refractivity contribution in [2.24, 2.45) is 0 Å². The largest absolute Gasteiger partial charge is 0.508 e. The molecule has 27 heavy (non-hydrogen) atoms. The van der Waals surface area contributed by atoms with Crippen LogP contribution < -0.4 is 5.32 Å². The highest BCUT2D eigenvalue weighted by Crippen LogP contribution is 2.23. The molecule has 1 aliphatic heterocycles. The van der Waals surface area contributed by atoms with E-state index in [1.165, 1.54) is 28.7 Å². The lowest BCUT2D eigenvalue weighted by molar-refractivity contribution is 0.0730. The van der Waals surface area contributed by atoms with Crippen LogP contribution in [0.3, 0.4) is 0 Å². The first-order chi connectivity index (χ1) is 12.9. The van der Waals surface area contributed by atoms with E-state index in [9.17, 15) is 18.6 Å². The molecule has 0 saturated carbocycles. The van der Waals surface area contributed by atoms with E-state index in [4.69, 9.17) is 4.74 Å². The molecule has 0 spiro atoms. The number of rotatable bonds is 6. The van der Waals surface area contributed by atoms with Crippen molar-refractivity contribution in [3.8, 4) is 5.75 Å². The van der Waals surface area contributed by atoms with Crippen molar-refractivity contribution in [3.63, 3.8) is 0 Å². The molecule has 2 atom stereocenters. The minimum Gasteiger partial charge on any atom is -0.508 e. The Balaban J connectivity index is 1.67. The molecule has 0 unspecified atom stereocenters. The first-order valence-electron chi connectivity index (χ1n) is 8.65. The molecule has 1 aromatic heterocycles. The van der Waals surface area contributed by atoms with Crippen molar-refractivity contribution in [1.29, 1.82) is 0 Å². The second kappa shape index (κ2) is 8.22. The van der Waals surface area contributed by atoms with Gasteiger partial charge in [-0.3, -0.25) is 0 Å². The van der Waals surface area contributed by atoms with Crippen LogP contribution in [0.25, 0.3) is 0 Å². The molecule has 146 valence electrons. The monoisotopic (exact) mass is 393 g/mol. The molecule has 0 amide bonds. The van der Waals surface area contributed by atoms with Crippen LogP contribution in [-0.4, -0.2) is 60.3 Å². The molecule has 8 nitrogen and oxygen atoms in total. The number of aliphatic hydroxyl groups is 1. The van der Waals surface area contributed by atoms with E-state index in [0.29, 0.717) is 37.7 Å². The number of hydrogen-bond acceptors (Lipinski definition) is 7. The molecule has 1 aliphatic rings. The average molecular weight is 393 g/mol. The molecule has 0 radical (unpaired) electrons. The number of phenolic OH excluding ortho intramolecular Hbond substituents is 1. The van der Waals surface area contributed by atoms with Gasteiger partial charge >= 0.3 is 0 Å². The maximum Gasteiger partial charge on any atom is 0.244 e. The quantitative estimate of drug-likeness (QED) is 0.679. The highest BCUT2D eigenvalue weighted by atomic mass is 32.2. The zero-order valence-corrected chi connectivity index (χ0v) is 15.8. The summed E-state index contributed by atoms with van der Waals surface area (Å²) in [4.78, 5) is 4.30. The van der Waals surface area contributed by atoms with Gasteiger partial charge in [0.1, 0.15) is 16.5 Å². The predicted molar refractivity (Wildman–Crippen MR) is 100.0 cm³/mol. The van der Waals surface area contributed by atoms with Crippen LogP contribution in [0, 0.1) is 0 Å². The summed E-state index contributed by atoms with van der Waals surface area (Å²) in [7, 11) is -3.58. The maximum atomic E-state index is 12.6. The third kappa shape index (κ3) is 4.56. The second-order valence-corrected chi connectivity index (χ2v) is 8.30. The summed E-state index contributed by atoms with van der Waals surface area (Å²) in [6.07, 6.45) is 0.497. The lowest BCUT2D eigenvalue weighted by Crippen LogP contribution is -2.40. The van der Waals surface area contributed by atoms with Gasteiger partial charge in [-0.2, -0.15) is 4.31 Å². The molecule has 3 rings (SSSR count). The highest BCUT2D eigenvalue weighted by molar-refractivity contribution is 7.89. The Morgan fingerprint density at radius 1 is 1.15 bits per heavy atom. The number of ether oxygens (including phenoxy) is 1. The predicted octanol–water partition coefficient (Wildman–Crippen LogP) is 1.34. The van der Waals surface area contributed by atoms with Gasteiger partial charge in [0.25, 0.3) is 0 Å². The smallest absolute Gasteiger partial charge is 0.244 e. The van der Waals surface area contributed by atoms with Crippen LogP contribution in [0.2, 0.25) is 0 Å². The first kappa shape index (κ1) is 19.6. The number of aromatic hydroxyl groups is 1. The van der Waals surface area contributed by atoms with Crippen LogP contribution in [0.4, 0.5) is 5.82 Å². The molecule has 1 fully saturated rings. The van der Waals surface area contributed by atoms with E-state index in [1.54, 1.807) is 25.1 Å². The van der Waals surface area contributed by atoms with E-state index in [1.807, 2.05) is 0 Å². The zero-order valence-electron chi connectivity index (χ0n) is 14.9. The Kier molecular flexibility index (Phi) is 5.95. The van der Waals surface area contributed by atoms with Gasteiger partial charge in [-0.25, -0.2) is 13.4 Å². The van der Waals surface area contributed by atoms with Gasteiger partial charge in [0.2, 0.25) is 10.0 Å². The molecular formula is C18H23N3O5S. The second-order valence-electron chi connectivity index (χ2n) is 6.36. The lowest BCUT2D eigenvalue weighted by Gasteiger charge is -2.26. The highest BCUT2D eigenvalue weighted by Gasteiger charge is 2.26. The Bertz CT molecular complexity index is 850. The number of benzene rings is 1. The zero-order chi connectivity index (χ0) is 19.4. The molecule has 1 saturated heterocycles. The van der Waals surface area contributed by atoms with Gasteiger partial charge < -0.3 is 20.3 Å². The number of nitrogens with zero attached hydrogens (tertiary/aromatic N) is 2. The third-order valence-electron chi connectivity index (χ3n) is 4.43. The molecule has 0 bridgehead atoms. The van der Waals surface area contributed by atoms with Gasteiger partial charge in [-0.15, -0.1) is 0 Å². The molecule has 3 N–H and O–H groups in total. The number of morpholine rings is 1. The van der Waals surface area contributed by atoms with Crippen LogP contribution in [0.1, 0.15) is 18.6 Å². The Morgan fingerprint density at radius 3 is 2.41 bits per heavy atom. The summed E-state index contributed by atoms with van der Waals surface area (Å²) in [5.74, 6) is 0.589. The van der Waals surface area contributed by atoms with Crippen LogP contribution in [0.5, 0.6) is 5.75 Å². The van der Waals surface area contributed by atoms with Crippen LogP contribution in [-0.2, 0) is 14.8 Å². The molecule has 2 aromatic rings. The third-order valence-corrected chi connectivity index (χ3v) is 6.31. The van der Waals surface area contributed by atoms with E-state index >= 15 is 0 Å². The number of anilines is 1. The van der Waals surface area contributed by atoms with E-state index < -0.39 is 16.1 Å². The van der Waals surface area contributed by atoms with Gasteiger partial charge in [0, 0.05) is 19.3 Å². The molecule has 1 aromatic carbocycles. The summed E-state index contributed by atoms with van der Waals surface area (Å²) in [5.41, 5.74) is 0.652. The van der Waals surface area contributed by atoms with Gasteiger partial charge in [-0.05, 0) is 36.8 Å². The normalized spacial score (nSPS) is 18.0. The van der Waals surface area contributed by atoms with Gasteiger partial charge in [0.05, 0.1) is 25.4 Å². The van der Waals surface area contributed by atoms with Crippen molar-refractivity contribution >= 4 is 15.8 Å². The molecule has 2 heterocycles. The number of aromatic nitrogens is 1. The van der Waals surface area contributed by atoms with Crippen molar-refractivity contribution in [1.82, 2.24) is 9.29 Å². The SMILES string of the molecule is C[C@H](Nc1ccc(S(=O)(=O)N2CCOCC2)cn1)[C@@H](O)c1ccc(O)cc1. The number of nitrogens with one attached hydrogen (secondary N) is 1. The number of hydrogen-bond donors (Lipinski definition) is 3. The van der Waals surface area contributed by atoms with Crippen molar-refractivity contribution in [2.75, 3.05) is 31.6 Å². The van der Waals surface area contributed by atoms with Gasteiger partial charge in [0.15, 0.2) is 0 Å². The Labute approximate surface area is 158 Å². The summed E-state index contributed by atoms with van der Waals surface area (Å²) in [6, 6.07) is 9.01. The van der Waals surface area contributed by atoms with Crippen molar-refractivity contribution < 1.29 is 23.4 Å². The van der Waals surface area contributed by atoms with Crippen molar-refractivity contribution in [3.05, 3.63) is 48.2 Å². The summed E-state index contributed by atoms with van der Waals surface area (Å²) in [6.45, 7) is 3.23. The fourth-order valence-corrected chi connectivity index (χ4v) is 4.18. The topological polar surface area (TPSA) is 112 Å². The number of phenols is 1. The summed E-state index contributed by atoms with van der Waals surface area (Å²) in [5, 5.41) is 22.8. The summed E-state index contributed by atoms with van der Waals surface area (Å²) < 4.78 is 31.8. The minimum atomic E-state index is -3.58. The van der Waals surface area contributed by atoms with E-state index in [0.717, 1.165) is 0 Å². The number of pyridine rings is 1. The van der Waals surface area contributed by atoms with Crippen molar-refractivity contribution in [2.45, 2.75) is 24.0 Å². The average Bonchev–Trinajstić information content (AvgIpc) is 2.69. The van der Waals surface area contributed by atoms with Crippen LogP contribution >= 0.6 is 0 Å². The Hall–Kier alpha value is -2.20. The molecular weight excluding hydrogens is 370 g/mol. The fraction of sp³-hybridized carbons (Fsp3) is 0.389. The lowest BCUT2D eigenvalue weighted by atomic mass is 10.0. The van der Waals surface area contributed by atoms with Gasteiger partial charge in [-0.1, -0.05) is 12.1 Å². The standard InChI is InChI=1S/C18H23N3O5S/c1-13(18(23)14-2-4-15(22)5-3-14)20-17-7-6-16(12-19-17)27(24,25)21-8-10-26-11-9-21/h2-7,12-13,18,22-23H,8-11H2,1H3,(H,19,20)/t13-,18+/m0/s1. The maximum absolute atomic E-state index is 12.6. The summed E-state index contributed by atoms with van der Waals surface area (Å²) >= 11 is 0. The Morgan fingerprint density at radius 2 is 1.81 bits per heavy atom. The minimum absolute atomic E-state index is 0.127. The number of aliphatic hydroxyl groups excluding tert-OH is 1. The fourth-order valence-electron chi connectivity index (χ4n) is 2.83. The van der Waals surface area contributed by atoms with Crippen LogP contribution in [0.15, 0.2) is 47.5 Å². The first-order valence-corrected chi connectivity index (χ1v) is 10.1. The van der Waals surface area contributed by atoms with E-state index in [2.05, 4.69) is 10.3 Å². The molecule has 0 aliphatic carbocycles.